The average molecular weight is 319 g/mol. The molecule has 0 unspecified atom stereocenters. The van der Waals surface area contributed by atoms with Gasteiger partial charge in [0.15, 0.2) is 11.0 Å². The molecule has 1 amide bonds. The van der Waals surface area contributed by atoms with Gasteiger partial charge in [0.25, 0.3) is 5.91 Å². The molecular formula is C17H21NO5. The maximum Gasteiger partial charge on any atom is 0.261 e. The van der Waals surface area contributed by atoms with E-state index in [9.17, 15) is 9.59 Å². The van der Waals surface area contributed by atoms with Crippen molar-refractivity contribution in [1.29, 1.82) is 0 Å². The number of aryl methyl sites for hydroxylation is 1. The molecular weight excluding hydrogens is 298 g/mol. The van der Waals surface area contributed by atoms with Gasteiger partial charge in [-0.3, -0.25) is 9.59 Å². The Bertz CT molecular complexity index is 790. The highest BCUT2D eigenvalue weighted by Gasteiger charge is 2.26. The lowest BCUT2D eigenvalue weighted by molar-refractivity contribution is 0.0770. The van der Waals surface area contributed by atoms with Crippen molar-refractivity contribution < 1.29 is 18.7 Å². The van der Waals surface area contributed by atoms with Gasteiger partial charge in [-0.25, -0.2) is 0 Å². The van der Waals surface area contributed by atoms with Crippen molar-refractivity contribution in [1.82, 2.24) is 4.90 Å². The first-order valence-electron chi connectivity index (χ1n) is 7.47. The molecule has 6 heteroatoms. The van der Waals surface area contributed by atoms with E-state index >= 15 is 0 Å². The van der Waals surface area contributed by atoms with Gasteiger partial charge in [0.1, 0.15) is 28.2 Å². The van der Waals surface area contributed by atoms with Crippen LogP contribution in [0.2, 0.25) is 0 Å². The maximum absolute atomic E-state index is 12.9. The zero-order chi connectivity index (χ0) is 17.1. The minimum atomic E-state index is -0.253. The first kappa shape index (κ1) is 16.9. The lowest BCUT2D eigenvalue weighted by Gasteiger charge is -2.21. The van der Waals surface area contributed by atoms with Crippen LogP contribution in [0, 0.1) is 6.92 Å². The molecule has 0 radical (unpaired) electrons. The number of benzene rings is 1. The molecule has 6 nitrogen and oxygen atoms in total. The fourth-order valence-electron chi connectivity index (χ4n) is 2.59. The number of hydrogen-bond acceptors (Lipinski definition) is 5. The van der Waals surface area contributed by atoms with Crippen molar-refractivity contribution in [3.63, 3.8) is 0 Å². The number of ether oxygens (including phenoxy) is 2. The third-order valence-electron chi connectivity index (χ3n) is 3.76. The van der Waals surface area contributed by atoms with Crippen LogP contribution in [0.1, 0.15) is 30.0 Å². The molecule has 124 valence electrons. The number of carbonyl (C=O) groups excluding carboxylic acids is 1. The van der Waals surface area contributed by atoms with Crippen molar-refractivity contribution in [2.24, 2.45) is 0 Å². The van der Waals surface area contributed by atoms with Crippen LogP contribution in [-0.4, -0.2) is 38.1 Å². The Morgan fingerprint density at radius 1 is 1.13 bits per heavy atom. The van der Waals surface area contributed by atoms with Crippen molar-refractivity contribution in [3.05, 3.63) is 33.7 Å². The van der Waals surface area contributed by atoms with Crippen LogP contribution in [0.4, 0.5) is 0 Å². The standard InChI is InChI=1S/C17H21NO5/c1-6-18(7-2)17(20)15-13(22-5)9-12(21-4)14-11(19)8-10(3)23-16(14)15/h8-9H,6-7H2,1-5H3. The molecule has 1 aromatic heterocycles. The fraction of sp³-hybridized carbons (Fsp3) is 0.412. The summed E-state index contributed by atoms with van der Waals surface area (Å²) in [5.74, 6) is 0.821. The van der Waals surface area contributed by atoms with Crippen LogP contribution in [0.5, 0.6) is 11.5 Å². The molecule has 0 aliphatic heterocycles. The number of rotatable bonds is 5. The highest BCUT2D eigenvalue weighted by atomic mass is 16.5. The van der Waals surface area contributed by atoms with Gasteiger partial charge in [0, 0.05) is 25.2 Å². The van der Waals surface area contributed by atoms with E-state index in [1.165, 1.54) is 20.3 Å². The second kappa shape index (κ2) is 6.73. The number of carbonyl (C=O) groups is 1. The lowest BCUT2D eigenvalue weighted by atomic mass is 10.1. The molecule has 0 atom stereocenters. The van der Waals surface area contributed by atoms with E-state index in [0.717, 1.165) is 0 Å². The molecule has 1 aromatic carbocycles. The number of amides is 1. The number of fused-ring (bicyclic) bond motifs is 1. The highest BCUT2D eigenvalue weighted by molar-refractivity contribution is 6.08. The van der Waals surface area contributed by atoms with Crippen LogP contribution in [-0.2, 0) is 0 Å². The van der Waals surface area contributed by atoms with Gasteiger partial charge in [-0.2, -0.15) is 0 Å². The zero-order valence-electron chi connectivity index (χ0n) is 14.1. The molecule has 0 N–H and O–H groups in total. The zero-order valence-corrected chi connectivity index (χ0v) is 14.1. The fourth-order valence-corrected chi connectivity index (χ4v) is 2.59. The van der Waals surface area contributed by atoms with Gasteiger partial charge < -0.3 is 18.8 Å². The van der Waals surface area contributed by atoms with E-state index in [1.807, 2.05) is 13.8 Å². The monoisotopic (exact) mass is 319 g/mol. The molecule has 0 fully saturated rings. The Hall–Kier alpha value is -2.50. The first-order chi connectivity index (χ1) is 11.0. The van der Waals surface area contributed by atoms with Crippen molar-refractivity contribution in [2.45, 2.75) is 20.8 Å². The van der Waals surface area contributed by atoms with Gasteiger partial charge in [0.2, 0.25) is 0 Å². The third kappa shape index (κ3) is 2.88. The predicted molar refractivity (Wildman–Crippen MR) is 87.6 cm³/mol. The number of nitrogens with zero attached hydrogens (tertiary/aromatic N) is 1. The molecule has 0 aliphatic rings. The lowest BCUT2D eigenvalue weighted by Crippen LogP contribution is -2.31. The van der Waals surface area contributed by atoms with E-state index in [2.05, 4.69) is 0 Å². The highest BCUT2D eigenvalue weighted by Crippen LogP contribution is 2.35. The van der Waals surface area contributed by atoms with Crippen molar-refractivity contribution in [2.75, 3.05) is 27.3 Å². The summed E-state index contributed by atoms with van der Waals surface area (Å²) in [6.07, 6.45) is 0. The summed E-state index contributed by atoms with van der Waals surface area (Å²) in [4.78, 5) is 26.9. The van der Waals surface area contributed by atoms with Crippen LogP contribution >= 0.6 is 0 Å². The minimum Gasteiger partial charge on any atom is -0.496 e. The Labute approximate surface area is 134 Å². The second-order valence-corrected chi connectivity index (χ2v) is 5.06. The Balaban J connectivity index is 2.92. The average Bonchev–Trinajstić information content (AvgIpc) is 2.53. The molecule has 2 rings (SSSR count). The number of methoxy groups -OCH3 is 2. The molecule has 0 spiro atoms. The topological polar surface area (TPSA) is 69.0 Å². The Morgan fingerprint density at radius 3 is 2.26 bits per heavy atom. The van der Waals surface area contributed by atoms with Gasteiger partial charge in [0.05, 0.1) is 14.2 Å². The van der Waals surface area contributed by atoms with Crippen LogP contribution in [0.3, 0.4) is 0 Å². The van der Waals surface area contributed by atoms with Gasteiger partial charge in [-0.1, -0.05) is 0 Å². The van der Waals surface area contributed by atoms with Crippen LogP contribution < -0.4 is 14.9 Å². The Morgan fingerprint density at radius 2 is 1.74 bits per heavy atom. The summed E-state index contributed by atoms with van der Waals surface area (Å²) in [6.45, 7) is 6.53. The van der Waals surface area contributed by atoms with Crippen molar-refractivity contribution in [3.8, 4) is 11.5 Å². The molecule has 0 bridgehead atoms. The maximum atomic E-state index is 12.9. The van der Waals surface area contributed by atoms with E-state index < -0.39 is 0 Å². The van der Waals surface area contributed by atoms with Crippen molar-refractivity contribution >= 4 is 16.9 Å². The predicted octanol–water partition coefficient (Wildman–Crippen LogP) is 2.60. The SMILES string of the molecule is CCN(CC)C(=O)c1c(OC)cc(OC)c2c(=O)cc(C)oc12. The summed E-state index contributed by atoms with van der Waals surface area (Å²) >= 11 is 0. The van der Waals surface area contributed by atoms with E-state index in [1.54, 1.807) is 17.9 Å². The van der Waals surface area contributed by atoms with E-state index in [4.69, 9.17) is 13.9 Å². The quantitative estimate of drug-likeness (QED) is 0.847. The summed E-state index contributed by atoms with van der Waals surface area (Å²) in [5, 5.41) is 0.245. The normalized spacial score (nSPS) is 10.7. The largest absolute Gasteiger partial charge is 0.496 e. The molecule has 0 saturated carbocycles. The summed E-state index contributed by atoms with van der Waals surface area (Å²) in [6, 6.07) is 2.92. The van der Waals surface area contributed by atoms with Crippen LogP contribution in [0.25, 0.3) is 11.0 Å². The minimum absolute atomic E-state index is 0.197. The molecule has 0 saturated heterocycles. The second-order valence-electron chi connectivity index (χ2n) is 5.06. The summed E-state index contributed by atoms with van der Waals surface area (Å²) in [7, 11) is 2.92. The smallest absolute Gasteiger partial charge is 0.261 e. The number of hydrogen-bond donors (Lipinski definition) is 0. The van der Waals surface area contributed by atoms with E-state index in [-0.39, 0.29) is 27.9 Å². The van der Waals surface area contributed by atoms with Gasteiger partial charge in [-0.05, 0) is 20.8 Å². The Kier molecular flexibility index (Phi) is 4.93. The molecule has 0 aliphatic carbocycles. The van der Waals surface area contributed by atoms with Gasteiger partial charge >= 0.3 is 0 Å². The molecule has 23 heavy (non-hydrogen) atoms. The summed E-state index contributed by atoms with van der Waals surface area (Å²) < 4.78 is 16.3. The van der Waals surface area contributed by atoms with Crippen LogP contribution in [0.15, 0.2) is 21.3 Å². The van der Waals surface area contributed by atoms with E-state index in [0.29, 0.717) is 30.3 Å². The third-order valence-corrected chi connectivity index (χ3v) is 3.76. The first-order valence-corrected chi connectivity index (χ1v) is 7.47. The molecule has 1 heterocycles. The van der Waals surface area contributed by atoms with Gasteiger partial charge in [-0.15, -0.1) is 0 Å². The molecule has 2 aromatic rings. The summed E-state index contributed by atoms with van der Waals surface area (Å²) in [5.41, 5.74) is 0.188.